The smallest absolute Gasteiger partial charge is 0.0638 e. The summed E-state index contributed by atoms with van der Waals surface area (Å²) in [5.74, 6) is 4.09. The van der Waals surface area contributed by atoms with Crippen LogP contribution in [0.4, 0.5) is 0 Å². The Morgan fingerprint density at radius 3 is 2.24 bits per heavy atom. The summed E-state index contributed by atoms with van der Waals surface area (Å²) in [6, 6.07) is 1.73. The molecule has 0 amide bonds. The molecule has 0 heterocycles. The molecule has 4 fully saturated rings. The first-order valence-electron chi connectivity index (χ1n) is 15.7. The zero-order valence-corrected chi connectivity index (χ0v) is 23.0. The fourth-order valence-electron chi connectivity index (χ4n) is 10.3. The molecule has 0 aromatic heterocycles. The predicted molar refractivity (Wildman–Crippen MR) is 147 cm³/mol. The van der Waals surface area contributed by atoms with E-state index in [1.807, 2.05) is 0 Å². The van der Waals surface area contributed by atoms with Crippen molar-refractivity contribution in [2.75, 3.05) is 0 Å². The molecule has 33 heavy (non-hydrogen) atoms. The van der Waals surface area contributed by atoms with Gasteiger partial charge in [0.25, 0.3) is 0 Å². The van der Waals surface area contributed by atoms with E-state index in [1.54, 1.807) is 89.5 Å². The third-order valence-corrected chi connectivity index (χ3v) is 19.1. The molecular formula is C32H54Si. The first-order valence-corrected chi connectivity index (χ1v) is 18.1. The van der Waals surface area contributed by atoms with E-state index in [0.29, 0.717) is 0 Å². The van der Waals surface area contributed by atoms with Gasteiger partial charge in [-0.25, -0.2) is 0 Å². The lowest BCUT2D eigenvalue weighted by atomic mass is 9.82. The highest BCUT2D eigenvalue weighted by atomic mass is 28.3. The summed E-state index contributed by atoms with van der Waals surface area (Å²) >= 11 is 0. The Kier molecular flexibility index (Phi) is 8.59. The van der Waals surface area contributed by atoms with Gasteiger partial charge in [-0.15, -0.1) is 0 Å². The van der Waals surface area contributed by atoms with Gasteiger partial charge in [-0.2, -0.15) is 0 Å². The average molecular weight is 467 g/mol. The first-order chi connectivity index (χ1) is 16.3. The van der Waals surface area contributed by atoms with Crippen molar-refractivity contribution >= 4 is 8.07 Å². The van der Waals surface area contributed by atoms with Gasteiger partial charge < -0.3 is 0 Å². The molecule has 0 aliphatic heterocycles. The van der Waals surface area contributed by atoms with Crippen molar-refractivity contribution < 1.29 is 0 Å². The molecule has 0 aromatic rings. The molecule has 0 N–H and O–H groups in total. The zero-order chi connectivity index (χ0) is 22.5. The van der Waals surface area contributed by atoms with Gasteiger partial charge in [0, 0.05) is 0 Å². The van der Waals surface area contributed by atoms with Crippen LogP contribution in [0.1, 0.15) is 129 Å². The van der Waals surface area contributed by atoms with E-state index in [-0.39, 0.29) is 0 Å². The van der Waals surface area contributed by atoms with Crippen LogP contribution in [0.15, 0.2) is 24.3 Å². The number of unbranched alkanes of at least 4 members (excludes halogenated alkanes) is 5. The maximum Gasteiger partial charge on any atom is 0.0638 e. The van der Waals surface area contributed by atoms with Crippen molar-refractivity contribution in [1.82, 2.24) is 0 Å². The minimum atomic E-state index is -1.40. The summed E-state index contributed by atoms with van der Waals surface area (Å²) < 4.78 is 0. The lowest BCUT2D eigenvalue weighted by Crippen LogP contribution is -2.52. The van der Waals surface area contributed by atoms with Gasteiger partial charge in [0.15, 0.2) is 0 Å². The molecule has 5 rings (SSSR count). The van der Waals surface area contributed by atoms with Crippen molar-refractivity contribution in [3.8, 4) is 0 Å². The van der Waals surface area contributed by atoms with E-state index < -0.39 is 8.07 Å². The Bertz CT molecular complexity index is 657. The molecular weight excluding hydrogens is 412 g/mol. The number of hydrogen-bond acceptors (Lipinski definition) is 0. The highest BCUT2D eigenvalue weighted by Crippen LogP contribution is 2.66. The normalized spacial score (nSPS) is 38.2. The van der Waals surface area contributed by atoms with Crippen LogP contribution < -0.4 is 0 Å². The van der Waals surface area contributed by atoms with Crippen molar-refractivity contribution in [2.24, 2.45) is 23.7 Å². The van der Waals surface area contributed by atoms with Crippen LogP contribution in [0, 0.1) is 23.7 Å². The maximum absolute atomic E-state index is 2.72. The van der Waals surface area contributed by atoms with Crippen LogP contribution in [0.3, 0.4) is 0 Å². The van der Waals surface area contributed by atoms with Crippen molar-refractivity contribution in [3.05, 3.63) is 24.3 Å². The Labute approximate surface area is 207 Å². The molecule has 5 aliphatic rings. The zero-order valence-electron chi connectivity index (χ0n) is 22.0. The number of fused-ring (bicyclic) bond motifs is 2. The van der Waals surface area contributed by atoms with Crippen molar-refractivity contribution in [3.63, 3.8) is 0 Å². The van der Waals surface area contributed by atoms with E-state index in [9.17, 15) is 0 Å². The molecule has 5 aliphatic carbocycles. The van der Waals surface area contributed by atoms with Crippen LogP contribution in [0.5, 0.6) is 0 Å². The minimum absolute atomic E-state index is 0.892. The monoisotopic (exact) mass is 466 g/mol. The molecule has 0 nitrogen and oxygen atoms in total. The Hall–Kier alpha value is -0.303. The van der Waals surface area contributed by atoms with Gasteiger partial charge in [0.2, 0.25) is 0 Å². The molecule has 186 valence electrons. The largest absolute Gasteiger partial charge is 0.0808 e. The molecule has 7 atom stereocenters. The standard InChI is InChI=1S/C32H54Si/c1-2-3-4-5-6-14-25-33(28-17-8-7-9-18-28,31-23-21-26-15-10-12-19-29(26)31)32-24-22-27-16-11-13-20-30(27)32/h10,12,15,19,26-32H,2-9,11,13-14,16-18,20-25H2,1H3/t26?,27?,29?,30?,31?,32?,33-/m0/s1. The van der Waals surface area contributed by atoms with Gasteiger partial charge in [-0.05, 0) is 46.7 Å². The van der Waals surface area contributed by atoms with Crippen LogP contribution in [0.25, 0.3) is 0 Å². The van der Waals surface area contributed by atoms with E-state index in [2.05, 4.69) is 31.2 Å². The van der Waals surface area contributed by atoms with Gasteiger partial charge in [-0.3, -0.25) is 0 Å². The van der Waals surface area contributed by atoms with Crippen LogP contribution >= 0.6 is 0 Å². The van der Waals surface area contributed by atoms with Gasteiger partial charge in [0.05, 0.1) is 8.07 Å². The second-order valence-electron chi connectivity index (χ2n) is 13.1. The molecule has 0 radical (unpaired) electrons. The van der Waals surface area contributed by atoms with Crippen molar-refractivity contribution in [1.29, 1.82) is 0 Å². The third kappa shape index (κ3) is 5.01. The summed E-state index contributed by atoms with van der Waals surface area (Å²) in [7, 11) is -1.40. The van der Waals surface area contributed by atoms with Crippen molar-refractivity contribution in [2.45, 2.75) is 152 Å². The van der Waals surface area contributed by atoms with E-state index in [0.717, 1.165) is 29.2 Å². The first kappa shape index (κ1) is 24.4. The van der Waals surface area contributed by atoms with Crippen LogP contribution in [-0.2, 0) is 0 Å². The third-order valence-electron chi connectivity index (χ3n) is 11.6. The minimum Gasteiger partial charge on any atom is -0.0808 e. The fourth-order valence-corrected chi connectivity index (χ4v) is 19.3. The highest BCUT2D eigenvalue weighted by molar-refractivity contribution is 6.84. The topological polar surface area (TPSA) is 0 Å². The van der Waals surface area contributed by atoms with Gasteiger partial charge in [-0.1, -0.05) is 153 Å². The van der Waals surface area contributed by atoms with Gasteiger partial charge in [0.1, 0.15) is 0 Å². The summed E-state index contributed by atoms with van der Waals surface area (Å²) in [5, 5.41) is 0. The average Bonchev–Trinajstić information content (AvgIpc) is 3.50. The molecule has 4 saturated carbocycles. The SMILES string of the molecule is CCCCCCCC[Si@](C1CCCCC1)(C1CCC2C=CC=CC21)C1CCC2CCCCC21. The Balaban J connectivity index is 1.45. The fraction of sp³-hybridized carbons (Fsp3) is 0.875. The lowest BCUT2D eigenvalue weighted by molar-refractivity contribution is 0.270. The number of allylic oxidation sites excluding steroid dienone is 4. The molecule has 0 saturated heterocycles. The molecule has 6 unspecified atom stereocenters. The van der Waals surface area contributed by atoms with E-state index in [1.165, 1.54) is 49.6 Å². The maximum atomic E-state index is 2.72. The van der Waals surface area contributed by atoms with Crippen LogP contribution in [-0.4, -0.2) is 8.07 Å². The summed E-state index contributed by atoms with van der Waals surface area (Å²) in [6.45, 7) is 2.37. The summed E-state index contributed by atoms with van der Waals surface area (Å²) in [5.41, 5.74) is 3.49. The second kappa shape index (κ2) is 11.6. The molecule has 0 bridgehead atoms. The van der Waals surface area contributed by atoms with Crippen LogP contribution in [0.2, 0.25) is 22.7 Å². The Morgan fingerprint density at radius 2 is 1.36 bits per heavy atom. The van der Waals surface area contributed by atoms with E-state index in [4.69, 9.17) is 0 Å². The summed E-state index contributed by atoms with van der Waals surface area (Å²) in [4.78, 5) is 0. The Morgan fingerprint density at radius 1 is 0.636 bits per heavy atom. The quantitative estimate of drug-likeness (QED) is 0.222. The molecule has 0 spiro atoms. The number of rotatable bonds is 10. The highest BCUT2D eigenvalue weighted by Gasteiger charge is 2.59. The molecule has 0 aromatic carbocycles. The molecule has 1 heteroatoms. The predicted octanol–water partition coefficient (Wildman–Crippen LogP) is 10.6. The van der Waals surface area contributed by atoms with E-state index >= 15 is 0 Å². The summed E-state index contributed by atoms with van der Waals surface area (Å²) in [6.07, 6.45) is 39.8. The lowest BCUT2D eigenvalue weighted by Gasteiger charge is -2.54. The number of hydrogen-bond donors (Lipinski definition) is 0. The second-order valence-corrected chi connectivity index (χ2v) is 18.1. The van der Waals surface area contributed by atoms with Gasteiger partial charge >= 0.3 is 0 Å².